The van der Waals surface area contributed by atoms with E-state index in [1.54, 1.807) is 0 Å². The second kappa shape index (κ2) is 19.6. The van der Waals surface area contributed by atoms with Crippen molar-refractivity contribution < 1.29 is 31.2 Å². The van der Waals surface area contributed by atoms with E-state index in [4.69, 9.17) is 15.7 Å². The maximum atomic E-state index is 10.8. The maximum absolute atomic E-state index is 10.8. The normalized spacial score (nSPS) is 10.6. The van der Waals surface area contributed by atoms with Crippen molar-refractivity contribution in [2.24, 2.45) is 5.73 Å². The lowest BCUT2D eigenvalue weighted by Gasteiger charge is -2.13. The summed E-state index contributed by atoms with van der Waals surface area (Å²) in [6.45, 7) is 3.28. The van der Waals surface area contributed by atoms with Crippen LogP contribution in [0.3, 0.4) is 0 Å². The van der Waals surface area contributed by atoms with Crippen molar-refractivity contribution in [3.05, 3.63) is 0 Å². The van der Waals surface area contributed by atoms with Crippen LogP contribution in [0.2, 0.25) is 0 Å². The van der Waals surface area contributed by atoms with E-state index in [2.05, 4.69) is 12.4 Å². The molecule has 0 aromatic carbocycles. The standard InChI is InChI=1S/C11H24N2O3.3H2O/c1-2-3-6-9-16-13-10(11(14)15)7-4-5-8-12;;;/h10,13H,2-9,12H2,1H3,(H,14,15);3*1H2/t10-;;;/m0.../s1. The number of unbranched alkanes of at least 4 members (excludes halogenated alkanes) is 3. The van der Waals surface area contributed by atoms with Gasteiger partial charge in [0.05, 0.1) is 6.61 Å². The number of rotatable bonds is 11. The van der Waals surface area contributed by atoms with E-state index in [-0.39, 0.29) is 16.4 Å². The molecule has 0 fully saturated rings. The van der Waals surface area contributed by atoms with Gasteiger partial charge in [0.2, 0.25) is 0 Å². The number of hydrogen-bond acceptors (Lipinski definition) is 4. The van der Waals surface area contributed by atoms with E-state index in [1.807, 2.05) is 0 Å². The van der Waals surface area contributed by atoms with Crippen molar-refractivity contribution in [1.29, 1.82) is 0 Å². The highest BCUT2D eigenvalue weighted by atomic mass is 16.6. The molecule has 0 unspecified atom stereocenters. The molecule has 0 aliphatic rings. The Bertz CT molecular complexity index is 183. The number of nitrogens with two attached hydrogens (primary N) is 1. The molecule has 120 valence electrons. The van der Waals surface area contributed by atoms with Crippen molar-refractivity contribution in [2.75, 3.05) is 13.2 Å². The van der Waals surface area contributed by atoms with Crippen molar-refractivity contribution >= 4 is 5.97 Å². The van der Waals surface area contributed by atoms with Crippen LogP contribution < -0.4 is 11.2 Å². The van der Waals surface area contributed by atoms with Crippen LogP contribution in [0, 0.1) is 0 Å². The summed E-state index contributed by atoms with van der Waals surface area (Å²) in [5.41, 5.74) is 7.94. The minimum absolute atomic E-state index is 0. The Balaban J connectivity index is -0.000000375. The Labute approximate surface area is 114 Å². The van der Waals surface area contributed by atoms with Crippen LogP contribution in [0.5, 0.6) is 0 Å². The highest BCUT2D eigenvalue weighted by Crippen LogP contribution is 2.01. The third kappa shape index (κ3) is 17.2. The summed E-state index contributed by atoms with van der Waals surface area (Å²) in [6, 6.07) is -0.617. The van der Waals surface area contributed by atoms with E-state index >= 15 is 0 Å². The monoisotopic (exact) mass is 286 g/mol. The lowest BCUT2D eigenvalue weighted by atomic mass is 10.1. The third-order valence-electron chi connectivity index (χ3n) is 2.32. The lowest BCUT2D eigenvalue weighted by Crippen LogP contribution is -2.37. The smallest absolute Gasteiger partial charge is 0.323 e. The molecule has 19 heavy (non-hydrogen) atoms. The molecule has 0 bridgehead atoms. The first-order valence-corrected chi connectivity index (χ1v) is 6.02. The molecule has 0 aliphatic heterocycles. The summed E-state index contributed by atoms with van der Waals surface area (Å²) in [6.07, 6.45) is 5.40. The molecule has 1 atom stereocenters. The van der Waals surface area contributed by atoms with Crippen LogP contribution in [0.15, 0.2) is 0 Å². The zero-order valence-electron chi connectivity index (χ0n) is 11.6. The number of carbonyl (C=O) groups is 1. The van der Waals surface area contributed by atoms with Crippen molar-refractivity contribution in [1.82, 2.24) is 5.48 Å². The van der Waals surface area contributed by atoms with E-state index in [0.717, 1.165) is 32.1 Å². The molecule has 0 aromatic rings. The quantitative estimate of drug-likeness (QED) is 0.318. The van der Waals surface area contributed by atoms with Gasteiger partial charge in [-0.1, -0.05) is 19.8 Å². The Kier molecular flexibility index (Phi) is 27.5. The molecule has 0 saturated carbocycles. The molecule has 8 heteroatoms. The van der Waals surface area contributed by atoms with E-state index in [1.165, 1.54) is 0 Å². The van der Waals surface area contributed by atoms with Crippen LogP contribution in [-0.2, 0) is 9.63 Å². The zero-order chi connectivity index (χ0) is 12.2. The molecule has 8 nitrogen and oxygen atoms in total. The first-order valence-electron chi connectivity index (χ1n) is 6.02. The van der Waals surface area contributed by atoms with Gasteiger partial charge < -0.3 is 32.1 Å². The summed E-state index contributed by atoms with van der Waals surface area (Å²) in [4.78, 5) is 16.0. The van der Waals surface area contributed by atoms with Gasteiger partial charge >= 0.3 is 5.97 Å². The van der Waals surface area contributed by atoms with Crippen LogP contribution in [0.25, 0.3) is 0 Å². The predicted molar refractivity (Wildman–Crippen MR) is 73.8 cm³/mol. The Hall–Kier alpha value is -0.770. The first kappa shape index (κ1) is 26.7. The van der Waals surface area contributed by atoms with Gasteiger partial charge in [-0.3, -0.25) is 4.79 Å². The van der Waals surface area contributed by atoms with Gasteiger partial charge in [-0.2, -0.15) is 5.48 Å². The number of carboxylic acids is 1. The molecule has 0 radical (unpaired) electrons. The van der Waals surface area contributed by atoms with E-state index in [0.29, 0.717) is 19.6 Å². The minimum Gasteiger partial charge on any atom is -0.480 e. The average molecular weight is 286 g/mol. The average Bonchev–Trinajstić information content (AvgIpc) is 2.26. The van der Waals surface area contributed by atoms with E-state index in [9.17, 15) is 4.79 Å². The lowest BCUT2D eigenvalue weighted by molar-refractivity contribution is -0.144. The zero-order valence-corrected chi connectivity index (χ0v) is 11.6. The number of carboxylic acid groups (broad SMARTS) is 1. The van der Waals surface area contributed by atoms with E-state index < -0.39 is 12.0 Å². The number of hydroxylamine groups is 1. The summed E-state index contributed by atoms with van der Waals surface area (Å²) >= 11 is 0. The summed E-state index contributed by atoms with van der Waals surface area (Å²) in [7, 11) is 0. The number of nitrogens with one attached hydrogen (secondary N) is 1. The molecule has 0 saturated heterocycles. The highest BCUT2D eigenvalue weighted by molar-refractivity contribution is 5.73. The van der Waals surface area contributed by atoms with Gasteiger partial charge in [0.15, 0.2) is 0 Å². The first-order chi connectivity index (χ1) is 7.72. The largest absolute Gasteiger partial charge is 0.480 e. The SMILES string of the molecule is CCCCCON[C@@H](CCCCN)C(=O)O.O.O.O. The Morgan fingerprint density at radius 2 is 1.84 bits per heavy atom. The molecule has 0 aromatic heterocycles. The second-order valence-corrected chi connectivity index (χ2v) is 3.85. The topological polar surface area (TPSA) is 179 Å². The van der Waals surface area contributed by atoms with Crippen molar-refractivity contribution in [3.8, 4) is 0 Å². The fourth-order valence-electron chi connectivity index (χ4n) is 1.31. The van der Waals surface area contributed by atoms with Gasteiger partial charge in [-0.15, -0.1) is 0 Å². The van der Waals surface area contributed by atoms with Gasteiger partial charge in [-0.25, -0.2) is 0 Å². The molecule has 10 N–H and O–H groups in total. The molecule has 0 aliphatic carbocycles. The molecule has 0 heterocycles. The van der Waals surface area contributed by atoms with Gasteiger partial charge in [0.25, 0.3) is 0 Å². The Morgan fingerprint density at radius 1 is 1.21 bits per heavy atom. The van der Waals surface area contributed by atoms with Crippen LogP contribution in [0.4, 0.5) is 0 Å². The molecule has 0 rings (SSSR count). The molecule has 0 spiro atoms. The molecular weight excluding hydrogens is 256 g/mol. The highest BCUT2D eigenvalue weighted by Gasteiger charge is 2.16. The predicted octanol–water partition coefficient (Wildman–Crippen LogP) is -1.19. The van der Waals surface area contributed by atoms with Crippen molar-refractivity contribution in [2.45, 2.75) is 51.5 Å². The fourth-order valence-corrected chi connectivity index (χ4v) is 1.31. The van der Waals surface area contributed by atoms with Crippen LogP contribution in [0.1, 0.15) is 45.4 Å². The second-order valence-electron chi connectivity index (χ2n) is 3.85. The summed E-state index contributed by atoms with van der Waals surface area (Å²) in [5.74, 6) is -0.868. The summed E-state index contributed by atoms with van der Waals surface area (Å²) in [5, 5.41) is 8.90. The van der Waals surface area contributed by atoms with Crippen LogP contribution in [-0.4, -0.2) is 46.7 Å². The maximum Gasteiger partial charge on any atom is 0.323 e. The molecular formula is C11H30N2O6. The summed E-state index contributed by atoms with van der Waals surface area (Å²) < 4.78 is 0. The minimum atomic E-state index is -0.868. The van der Waals surface area contributed by atoms with Gasteiger partial charge in [0.1, 0.15) is 6.04 Å². The van der Waals surface area contributed by atoms with Crippen molar-refractivity contribution in [3.63, 3.8) is 0 Å². The molecule has 0 amide bonds. The van der Waals surface area contributed by atoms with Gasteiger partial charge in [0, 0.05) is 0 Å². The Morgan fingerprint density at radius 3 is 2.32 bits per heavy atom. The van der Waals surface area contributed by atoms with Gasteiger partial charge in [-0.05, 0) is 32.2 Å². The number of hydrogen-bond donors (Lipinski definition) is 3. The fraction of sp³-hybridized carbons (Fsp3) is 0.909. The van der Waals surface area contributed by atoms with Crippen LogP contribution >= 0.6 is 0 Å². The number of aliphatic carboxylic acids is 1. The third-order valence-corrected chi connectivity index (χ3v) is 2.32.